The highest BCUT2D eigenvalue weighted by atomic mass is 16.6. The Balaban J connectivity index is 1.60. The zero-order chi connectivity index (χ0) is 37.8. The topological polar surface area (TPSA) is 191 Å². The second-order valence-corrected chi connectivity index (χ2v) is 12.3. The van der Waals surface area contributed by atoms with Gasteiger partial charge in [0.2, 0.25) is 17.2 Å². The minimum absolute atomic E-state index is 0.0141. The number of ketones is 2. The third-order valence-electron chi connectivity index (χ3n) is 9.10. The number of nitrogens with zero attached hydrogens (tertiary/aromatic N) is 2. The largest absolute Gasteiger partial charge is 0.459 e. The van der Waals surface area contributed by atoms with Gasteiger partial charge in [-0.1, -0.05) is 97.1 Å². The molecule has 270 valence electrons. The van der Waals surface area contributed by atoms with Gasteiger partial charge in [-0.25, -0.2) is 9.59 Å². The van der Waals surface area contributed by atoms with E-state index >= 15 is 0 Å². The highest BCUT2D eigenvalue weighted by Gasteiger charge is 2.74. The third-order valence-corrected chi connectivity index (χ3v) is 9.10. The summed E-state index contributed by atoms with van der Waals surface area (Å²) >= 11 is 0. The number of aliphatic hydroxyl groups excluding tert-OH is 1. The molecular weight excluding hydrogens is 684 g/mol. The van der Waals surface area contributed by atoms with Gasteiger partial charge in [-0.05, 0) is 37.1 Å². The standard InChI is InChI=1S/C40H34N2O11/c43-23-13-22-30-24-41(38(49)42(35(30)47)34(46)28-18-9-3-10-19-28)37-40(51,33(45)27-16-7-2-8-17-27)39(50,32(44)26-14-5-1-6-15-26)31(53-37)25-52-36(48)29-20-11-4-12-21-29/h1-12,14-21,24,31,37,43,50-51H,13,22-23,25H2/t31-,37-,39+,40+/m1/s1. The number of aliphatic hydroxyl groups is 3. The molecule has 0 spiro atoms. The quantitative estimate of drug-likeness (QED) is 0.127. The molecule has 1 aliphatic rings. The summed E-state index contributed by atoms with van der Waals surface area (Å²) in [5.74, 6) is -4.42. The fourth-order valence-corrected chi connectivity index (χ4v) is 6.37. The van der Waals surface area contributed by atoms with Gasteiger partial charge in [0.25, 0.3) is 11.5 Å². The summed E-state index contributed by atoms with van der Waals surface area (Å²) in [4.78, 5) is 84.1. The number of aromatic nitrogens is 2. The Morgan fingerprint density at radius 2 is 1.15 bits per heavy atom. The number of hydrogen-bond acceptors (Lipinski definition) is 11. The van der Waals surface area contributed by atoms with Crippen molar-refractivity contribution in [2.45, 2.75) is 36.4 Å². The average Bonchev–Trinajstić information content (AvgIpc) is 3.43. The van der Waals surface area contributed by atoms with Gasteiger partial charge in [0.15, 0.2) is 11.8 Å². The fourth-order valence-electron chi connectivity index (χ4n) is 6.37. The van der Waals surface area contributed by atoms with E-state index in [4.69, 9.17) is 9.47 Å². The maximum absolute atomic E-state index is 14.7. The SMILES string of the molecule is O=C(OC[C@H]1O[C@@H](n2cc(CCCO)c(=O)n(C(=O)c3ccccc3)c2=O)[C@@](O)(C(=O)c2ccccc2)[C@@]1(O)C(=O)c1ccccc1)c1ccccc1. The highest BCUT2D eigenvalue weighted by molar-refractivity contribution is 6.13. The number of rotatable bonds is 12. The van der Waals surface area contributed by atoms with Crippen LogP contribution in [0.2, 0.25) is 0 Å². The second-order valence-electron chi connectivity index (χ2n) is 12.3. The van der Waals surface area contributed by atoms with Gasteiger partial charge in [0.1, 0.15) is 12.7 Å². The molecule has 1 aliphatic heterocycles. The number of carbonyl (C=O) groups is 4. The lowest BCUT2D eigenvalue weighted by atomic mass is 9.71. The van der Waals surface area contributed by atoms with E-state index in [0.29, 0.717) is 9.13 Å². The summed E-state index contributed by atoms with van der Waals surface area (Å²) in [6, 6.07) is 29.5. The average molecular weight is 719 g/mol. The van der Waals surface area contributed by atoms with Crippen LogP contribution in [0.25, 0.3) is 0 Å². The minimum Gasteiger partial charge on any atom is -0.459 e. The second kappa shape index (κ2) is 15.2. The molecule has 0 saturated carbocycles. The normalized spacial score (nSPS) is 20.8. The van der Waals surface area contributed by atoms with Crippen LogP contribution in [0, 0.1) is 0 Å². The molecule has 5 aromatic rings. The molecule has 1 saturated heterocycles. The molecular formula is C40H34N2O11. The van der Waals surface area contributed by atoms with Crippen molar-refractivity contribution in [1.29, 1.82) is 0 Å². The van der Waals surface area contributed by atoms with E-state index < -0.39 is 64.8 Å². The Morgan fingerprint density at radius 1 is 0.679 bits per heavy atom. The molecule has 2 heterocycles. The van der Waals surface area contributed by atoms with Crippen LogP contribution in [0.5, 0.6) is 0 Å². The first-order valence-electron chi connectivity index (χ1n) is 16.6. The van der Waals surface area contributed by atoms with Gasteiger partial charge in [-0.2, -0.15) is 4.57 Å². The van der Waals surface area contributed by atoms with E-state index in [1.165, 1.54) is 84.9 Å². The van der Waals surface area contributed by atoms with E-state index in [9.17, 15) is 44.1 Å². The monoisotopic (exact) mass is 718 g/mol. The van der Waals surface area contributed by atoms with E-state index in [-0.39, 0.29) is 47.3 Å². The van der Waals surface area contributed by atoms with Crippen LogP contribution >= 0.6 is 0 Å². The molecule has 3 N–H and O–H groups in total. The number of carbonyl (C=O) groups excluding carboxylic acids is 4. The van der Waals surface area contributed by atoms with Crippen LogP contribution in [-0.4, -0.2) is 78.4 Å². The van der Waals surface area contributed by atoms with E-state index in [0.717, 1.165) is 6.20 Å². The van der Waals surface area contributed by atoms with E-state index in [1.807, 2.05) is 0 Å². The van der Waals surface area contributed by atoms with Crippen LogP contribution in [0.4, 0.5) is 0 Å². The first-order valence-corrected chi connectivity index (χ1v) is 16.6. The molecule has 6 rings (SSSR count). The van der Waals surface area contributed by atoms with Crippen LogP contribution in [0.3, 0.4) is 0 Å². The Morgan fingerprint density at radius 3 is 1.66 bits per heavy atom. The van der Waals surface area contributed by atoms with Crippen molar-refractivity contribution < 1.29 is 44.0 Å². The van der Waals surface area contributed by atoms with Gasteiger partial charge in [-0.15, -0.1) is 0 Å². The van der Waals surface area contributed by atoms with Crippen LogP contribution in [-0.2, 0) is 15.9 Å². The Labute approximate surface area is 301 Å². The van der Waals surface area contributed by atoms with Crippen molar-refractivity contribution in [2.24, 2.45) is 0 Å². The smallest absolute Gasteiger partial charge is 0.340 e. The number of Topliss-reactive ketones (excluding diaryl/α,β-unsaturated/α-hetero) is 2. The van der Waals surface area contributed by atoms with Crippen molar-refractivity contribution in [2.75, 3.05) is 13.2 Å². The Hall–Kier alpha value is -6.12. The number of hydrogen-bond donors (Lipinski definition) is 3. The molecule has 13 nitrogen and oxygen atoms in total. The lowest BCUT2D eigenvalue weighted by molar-refractivity contribution is -0.106. The van der Waals surface area contributed by atoms with Crippen molar-refractivity contribution in [3.63, 3.8) is 0 Å². The summed E-state index contributed by atoms with van der Waals surface area (Å²) in [6.45, 7) is -1.28. The van der Waals surface area contributed by atoms with Gasteiger partial charge in [0, 0.05) is 35.1 Å². The molecule has 1 aromatic heterocycles. The molecule has 0 bridgehead atoms. The number of benzene rings is 4. The van der Waals surface area contributed by atoms with Gasteiger partial charge < -0.3 is 24.8 Å². The molecule has 0 aliphatic carbocycles. The van der Waals surface area contributed by atoms with Crippen molar-refractivity contribution >= 4 is 23.4 Å². The first-order chi connectivity index (χ1) is 25.5. The summed E-state index contributed by atoms with van der Waals surface area (Å²) in [7, 11) is 0. The first kappa shape index (κ1) is 36.7. The van der Waals surface area contributed by atoms with Gasteiger partial charge >= 0.3 is 11.7 Å². The van der Waals surface area contributed by atoms with Crippen molar-refractivity contribution in [1.82, 2.24) is 9.13 Å². The maximum Gasteiger partial charge on any atom is 0.340 e. The number of aryl methyl sites for hydroxylation is 1. The van der Waals surface area contributed by atoms with Crippen LogP contribution < -0.4 is 11.2 Å². The van der Waals surface area contributed by atoms with Crippen LogP contribution in [0.15, 0.2) is 137 Å². The molecule has 0 unspecified atom stereocenters. The van der Waals surface area contributed by atoms with E-state index in [2.05, 4.69) is 0 Å². The van der Waals surface area contributed by atoms with Crippen molar-refractivity contribution in [3.05, 3.63) is 176 Å². The minimum atomic E-state index is -3.37. The summed E-state index contributed by atoms with van der Waals surface area (Å²) < 4.78 is 12.5. The Kier molecular flexibility index (Phi) is 10.5. The van der Waals surface area contributed by atoms with E-state index in [1.54, 1.807) is 36.4 Å². The highest BCUT2D eigenvalue weighted by Crippen LogP contribution is 2.49. The molecule has 13 heteroatoms. The molecule has 0 amide bonds. The molecule has 1 fully saturated rings. The number of esters is 1. The van der Waals surface area contributed by atoms with Gasteiger partial charge in [-0.3, -0.25) is 23.7 Å². The number of ether oxygens (including phenoxy) is 2. The van der Waals surface area contributed by atoms with Crippen LogP contribution in [0.1, 0.15) is 59.6 Å². The maximum atomic E-state index is 14.7. The molecule has 4 atom stereocenters. The lowest BCUT2D eigenvalue weighted by Gasteiger charge is -2.38. The Bertz CT molecular complexity index is 2260. The predicted octanol–water partition coefficient (Wildman–Crippen LogP) is 2.61. The predicted molar refractivity (Wildman–Crippen MR) is 189 cm³/mol. The molecule has 4 aromatic carbocycles. The third kappa shape index (κ3) is 6.58. The lowest BCUT2D eigenvalue weighted by Crippen LogP contribution is -2.68. The summed E-state index contributed by atoms with van der Waals surface area (Å²) in [5.41, 5.74) is -9.57. The zero-order valence-electron chi connectivity index (χ0n) is 28.1. The molecule has 0 radical (unpaired) electrons. The fraction of sp³-hybridized carbons (Fsp3) is 0.200. The van der Waals surface area contributed by atoms with Crippen molar-refractivity contribution in [3.8, 4) is 0 Å². The summed E-state index contributed by atoms with van der Waals surface area (Å²) in [5, 5.41) is 35.2. The summed E-state index contributed by atoms with van der Waals surface area (Å²) in [6.07, 6.45) is -3.51. The molecule has 53 heavy (non-hydrogen) atoms. The zero-order valence-corrected chi connectivity index (χ0v) is 28.1. The van der Waals surface area contributed by atoms with Gasteiger partial charge in [0.05, 0.1) is 5.56 Å².